The molecule has 0 saturated carbocycles. The second-order valence-electron chi connectivity index (χ2n) is 4.22. The van der Waals surface area contributed by atoms with Gasteiger partial charge in [-0.05, 0) is 31.4 Å². The van der Waals surface area contributed by atoms with Crippen molar-refractivity contribution in [3.8, 4) is 6.07 Å². The van der Waals surface area contributed by atoms with Gasteiger partial charge in [-0.15, -0.1) is 0 Å². The predicted molar refractivity (Wildman–Crippen MR) is 66.5 cm³/mol. The molecule has 1 aromatic carbocycles. The maximum Gasteiger partial charge on any atom is 0.161 e. The van der Waals surface area contributed by atoms with Gasteiger partial charge in [0.1, 0.15) is 17.7 Å². The van der Waals surface area contributed by atoms with Crippen LogP contribution in [0.25, 0.3) is 0 Å². The van der Waals surface area contributed by atoms with Crippen molar-refractivity contribution >= 4 is 0 Å². The molecule has 0 unspecified atom stereocenters. The highest BCUT2D eigenvalue weighted by Gasteiger charge is 2.12. The molecule has 0 fully saturated rings. The lowest BCUT2D eigenvalue weighted by atomic mass is 10.1. The highest BCUT2D eigenvalue weighted by Crippen LogP contribution is 2.14. The second-order valence-corrected chi connectivity index (χ2v) is 4.22. The summed E-state index contributed by atoms with van der Waals surface area (Å²) in [5, 5.41) is 9.01. The number of aromatic nitrogens is 2. The van der Waals surface area contributed by atoms with Gasteiger partial charge in [-0.3, -0.25) is 0 Å². The van der Waals surface area contributed by atoms with Crippen LogP contribution in [0.5, 0.6) is 0 Å². The largest absolute Gasteiger partial charge is 0.334 e. The van der Waals surface area contributed by atoms with Crippen molar-refractivity contribution in [1.29, 1.82) is 5.26 Å². The minimum absolute atomic E-state index is 0.199. The molecule has 0 N–H and O–H groups in total. The summed E-state index contributed by atoms with van der Waals surface area (Å²) >= 11 is 0. The molecule has 0 spiro atoms. The van der Waals surface area contributed by atoms with Crippen LogP contribution in [0.4, 0.5) is 4.39 Å². The first-order chi connectivity index (χ1) is 8.63. The maximum absolute atomic E-state index is 13.5. The Morgan fingerprint density at radius 1 is 1.33 bits per heavy atom. The summed E-state index contributed by atoms with van der Waals surface area (Å²) in [5.41, 5.74) is 1.96. The fourth-order valence-corrected chi connectivity index (χ4v) is 1.99. The smallest absolute Gasteiger partial charge is 0.161 e. The van der Waals surface area contributed by atoms with Crippen molar-refractivity contribution in [1.82, 2.24) is 9.55 Å². The van der Waals surface area contributed by atoms with E-state index in [4.69, 9.17) is 5.26 Å². The minimum atomic E-state index is -0.199. The fraction of sp³-hybridized carbons (Fsp3) is 0.286. The van der Waals surface area contributed by atoms with Crippen LogP contribution in [-0.2, 0) is 19.9 Å². The minimum Gasteiger partial charge on any atom is -0.334 e. The van der Waals surface area contributed by atoms with E-state index in [2.05, 4.69) is 11.1 Å². The number of hydrogen-bond donors (Lipinski definition) is 0. The molecule has 0 amide bonds. The number of benzene rings is 1. The van der Waals surface area contributed by atoms with Gasteiger partial charge in [0, 0.05) is 7.05 Å². The van der Waals surface area contributed by atoms with E-state index in [0.29, 0.717) is 24.1 Å². The van der Waals surface area contributed by atoms with Gasteiger partial charge >= 0.3 is 0 Å². The third-order valence-corrected chi connectivity index (χ3v) is 3.13. The Bertz CT molecular complexity index is 608. The summed E-state index contributed by atoms with van der Waals surface area (Å²) in [4.78, 5) is 4.17. The van der Waals surface area contributed by atoms with E-state index < -0.39 is 0 Å². The fourth-order valence-electron chi connectivity index (χ4n) is 1.99. The lowest BCUT2D eigenvalue weighted by Gasteiger charge is -2.05. The van der Waals surface area contributed by atoms with Gasteiger partial charge in [0.15, 0.2) is 5.69 Å². The molecular formula is C14H14FN3. The molecule has 4 heteroatoms. The molecule has 2 rings (SSSR count). The van der Waals surface area contributed by atoms with Crippen LogP contribution < -0.4 is 0 Å². The van der Waals surface area contributed by atoms with Gasteiger partial charge in [0.2, 0.25) is 0 Å². The number of nitriles is 1. The van der Waals surface area contributed by atoms with Crippen molar-refractivity contribution in [3.63, 3.8) is 0 Å². The Hall–Kier alpha value is -2.15. The van der Waals surface area contributed by atoms with E-state index in [-0.39, 0.29) is 5.82 Å². The quantitative estimate of drug-likeness (QED) is 0.831. The standard InChI is InChI=1S/C14H14FN3/c1-10-17-13(9-16)14(18(10)2)8-7-11-5-3-4-6-12(11)15/h3-6H,7-8H2,1-2H3. The van der Waals surface area contributed by atoms with Gasteiger partial charge in [-0.1, -0.05) is 18.2 Å². The van der Waals surface area contributed by atoms with Crippen LogP contribution in [0.3, 0.4) is 0 Å². The zero-order valence-electron chi connectivity index (χ0n) is 10.4. The third-order valence-electron chi connectivity index (χ3n) is 3.13. The number of nitrogens with zero attached hydrogens (tertiary/aromatic N) is 3. The molecule has 0 saturated heterocycles. The van der Waals surface area contributed by atoms with Gasteiger partial charge in [-0.25, -0.2) is 9.37 Å². The summed E-state index contributed by atoms with van der Waals surface area (Å²) in [6.07, 6.45) is 1.18. The van der Waals surface area contributed by atoms with Crippen molar-refractivity contribution in [3.05, 3.63) is 52.9 Å². The highest BCUT2D eigenvalue weighted by atomic mass is 19.1. The van der Waals surface area contributed by atoms with Crippen molar-refractivity contribution in [2.45, 2.75) is 19.8 Å². The number of rotatable bonds is 3. The number of halogens is 1. The van der Waals surface area contributed by atoms with E-state index in [1.807, 2.05) is 24.6 Å². The van der Waals surface area contributed by atoms with Gasteiger partial charge in [-0.2, -0.15) is 5.26 Å². The van der Waals surface area contributed by atoms with E-state index in [0.717, 1.165) is 11.5 Å². The number of aryl methyl sites for hydroxylation is 2. The molecule has 2 aromatic rings. The molecule has 3 nitrogen and oxygen atoms in total. The first kappa shape index (κ1) is 12.3. The lowest BCUT2D eigenvalue weighted by Crippen LogP contribution is -2.03. The topological polar surface area (TPSA) is 41.6 Å². The van der Waals surface area contributed by atoms with E-state index in [1.165, 1.54) is 6.07 Å². The SMILES string of the molecule is Cc1nc(C#N)c(CCc2ccccc2F)n1C. The van der Waals surface area contributed by atoms with Gasteiger partial charge in [0.25, 0.3) is 0 Å². The molecule has 18 heavy (non-hydrogen) atoms. The van der Waals surface area contributed by atoms with E-state index >= 15 is 0 Å². The molecule has 0 bridgehead atoms. The van der Waals surface area contributed by atoms with Gasteiger partial charge in [0.05, 0.1) is 5.69 Å². The summed E-state index contributed by atoms with van der Waals surface area (Å²) in [7, 11) is 1.87. The first-order valence-electron chi connectivity index (χ1n) is 5.79. The number of hydrogen-bond acceptors (Lipinski definition) is 2. The summed E-state index contributed by atoms with van der Waals surface area (Å²) in [6, 6.07) is 8.80. The van der Waals surface area contributed by atoms with E-state index in [1.54, 1.807) is 12.1 Å². The molecule has 92 valence electrons. The molecule has 0 atom stereocenters. The third kappa shape index (κ3) is 2.25. The monoisotopic (exact) mass is 243 g/mol. The maximum atomic E-state index is 13.5. The molecular weight excluding hydrogens is 229 g/mol. The van der Waals surface area contributed by atoms with Crippen LogP contribution in [0.1, 0.15) is 22.8 Å². The Morgan fingerprint density at radius 3 is 2.72 bits per heavy atom. The molecule has 0 aliphatic carbocycles. The summed E-state index contributed by atoms with van der Waals surface area (Å²) < 4.78 is 15.4. The molecule has 0 aliphatic heterocycles. The number of imidazole rings is 1. The normalized spacial score (nSPS) is 10.3. The zero-order chi connectivity index (χ0) is 13.1. The van der Waals surface area contributed by atoms with Crippen LogP contribution in [-0.4, -0.2) is 9.55 Å². The summed E-state index contributed by atoms with van der Waals surface area (Å²) in [6.45, 7) is 1.85. The molecule has 1 heterocycles. The average molecular weight is 243 g/mol. The predicted octanol–water partition coefficient (Wildman–Crippen LogP) is 2.52. The van der Waals surface area contributed by atoms with Crippen molar-refractivity contribution in [2.75, 3.05) is 0 Å². The van der Waals surface area contributed by atoms with Crippen molar-refractivity contribution in [2.24, 2.45) is 7.05 Å². The van der Waals surface area contributed by atoms with Crippen molar-refractivity contribution < 1.29 is 4.39 Å². The summed E-state index contributed by atoms with van der Waals surface area (Å²) in [5.74, 6) is 0.602. The molecule has 0 radical (unpaired) electrons. The van der Waals surface area contributed by atoms with Crippen LogP contribution in [0, 0.1) is 24.1 Å². The molecule has 1 aromatic heterocycles. The average Bonchev–Trinajstić information content (AvgIpc) is 2.65. The lowest BCUT2D eigenvalue weighted by molar-refractivity contribution is 0.606. The Kier molecular flexibility index (Phi) is 3.42. The van der Waals surface area contributed by atoms with Crippen LogP contribution in [0.15, 0.2) is 24.3 Å². The van der Waals surface area contributed by atoms with E-state index in [9.17, 15) is 4.39 Å². The zero-order valence-corrected chi connectivity index (χ0v) is 10.4. The Labute approximate surface area is 106 Å². The van der Waals surface area contributed by atoms with Gasteiger partial charge < -0.3 is 4.57 Å². The highest BCUT2D eigenvalue weighted by molar-refractivity contribution is 5.30. The Morgan fingerprint density at radius 2 is 2.06 bits per heavy atom. The first-order valence-corrected chi connectivity index (χ1v) is 5.79. The second kappa shape index (κ2) is 5.01. The molecule has 0 aliphatic rings. The van der Waals surface area contributed by atoms with Crippen LogP contribution in [0.2, 0.25) is 0 Å². The Balaban J connectivity index is 2.21. The van der Waals surface area contributed by atoms with Crippen LogP contribution >= 0.6 is 0 Å².